The fourth-order valence-corrected chi connectivity index (χ4v) is 0.989. The number of ether oxygens (including phenoxy) is 3. The Bertz CT molecular complexity index is 218. The van der Waals surface area contributed by atoms with Gasteiger partial charge in [-0.2, -0.15) is 0 Å². The smallest absolute Gasteiger partial charge is 0.433 e. The first-order chi connectivity index (χ1) is 6.16. The van der Waals surface area contributed by atoms with E-state index in [-0.39, 0.29) is 12.0 Å². The Morgan fingerprint density at radius 2 is 2.23 bits per heavy atom. The van der Waals surface area contributed by atoms with Crippen molar-refractivity contribution in [1.82, 2.24) is 0 Å². The third-order valence-corrected chi connectivity index (χ3v) is 1.71. The topological polar surface area (TPSA) is 44.8 Å². The van der Waals surface area contributed by atoms with Crippen LogP contribution in [0, 0.1) is 17.8 Å². The highest BCUT2D eigenvalue weighted by molar-refractivity contribution is 5.60. The van der Waals surface area contributed by atoms with Crippen LogP contribution in [0.15, 0.2) is 0 Å². The summed E-state index contributed by atoms with van der Waals surface area (Å²) in [5, 5.41) is 0. The molecule has 0 aromatic carbocycles. The molecule has 1 fully saturated rings. The Labute approximate surface area is 77.2 Å². The van der Waals surface area contributed by atoms with E-state index in [0.29, 0.717) is 19.8 Å². The van der Waals surface area contributed by atoms with E-state index in [9.17, 15) is 4.79 Å². The molecule has 1 heterocycles. The SMILES string of the molecule is C#CCOCC1(C)COC(=O)OC1. The summed E-state index contributed by atoms with van der Waals surface area (Å²) in [5.74, 6) is 2.36. The van der Waals surface area contributed by atoms with Gasteiger partial charge >= 0.3 is 6.16 Å². The second-order valence-corrected chi connectivity index (χ2v) is 3.33. The molecule has 1 aliphatic heterocycles. The summed E-state index contributed by atoms with van der Waals surface area (Å²) >= 11 is 0. The predicted molar refractivity (Wildman–Crippen MR) is 45.1 cm³/mol. The number of terminal acetylenes is 1. The zero-order chi connectivity index (χ0) is 9.73. The van der Waals surface area contributed by atoms with Crippen LogP contribution >= 0.6 is 0 Å². The van der Waals surface area contributed by atoms with Crippen molar-refractivity contribution in [3.8, 4) is 12.3 Å². The lowest BCUT2D eigenvalue weighted by Gasteiger charge is -2.31. The molecule has 4 nitrogen and oxygen atoms in total. The molecule has 0 atom stereocenters. The molecule has 0 aliphatic carbocycles. The lowest BCUT2D eigenvalue weighted by molar-refractivity contribution is -0.0815. The maximum absolute atomic E-state index is 10.6. The van der Waals surface area contributed by atoms with Crippen LogP contribution < -0.4 is 0 Å². The van der Waals surface area contributed by atoms with Crippen LogP contribution in [0.3, 0.4) is 0 Å². The molecule has 1 rings (SSSR count). The Morgan fingerprint density at radius 3 is 2.77 bits per heavy atom. The Kier molecular flexibility index (Phi) is 3.15. The summed E-state index contributed by atoms with van der Waals surface area (Å²) in [6, 6.07) is 0. The number of hydrogen-bond donors (Lipinski definition) is 0. The minimum atomic E-state index is -0.616. The van der Waals surface area contributed by atoms with Gasteiger partial charge in [0.15, 0.2) is 0 Å². The molecular formula is C9H12O4. The van der Waals surface area contributed by atoms with E-state index < -0.39 is 6.16 Å². The van der Waals surface area contributed by atoms with Crippen LogP contribution in [0.1, 0.15) is 6.92 Å². The van der Waals surface area contributed by atoms with Crippen molar-refractivity contribution in [2.45, 2.75) is 6.92 Å². The molecule has 4 heteroatoms. The van der Waals surface area contributed by atoms with Crippen LogP contribution in [-0.2, 0) is 14.2 Å². The second kappa shape index (κ2) is 4.15. The van der Waals surface area contributed by atoms with Crippen LogP contribution in [-0.4, -0.2) is 32.6 Å². The van der Waals surface area contributed by atoms with E-state index in [4.69, 9.17) is 20.6 Å². The van der Waals surface area contributed by atoms with Crippen molar-refractivity contribution in [2.75, 3.05) is 26.4 Å². The van der Waals surface area contributed by atoms with Gasteiger partial charge in [-0.05, 0) is 0 Å². The maximum Gasteiger partial charge on any atom is 0.508 e. The first-order valence-electron chi connectivity index (χ1n) is 3.97. The predicted octanol–water partition coefficient (Wildman–Crippen LogP) is 0.809. The molecule has 72 valence electrons. The highest BCUT2D eigenvalue weighted by Gasteiger charge is 2.33. The van der Waals surface area contributed by atoms with Gasteiger partial charge in [0.1, 0.15) is 19.8 Å². The second-order valence-electron chi connectivity index (χ2n) is 3.33. The molecule has 0 unspecified atom stereocenters. The van der Waals surface area contributed by atoms with Gasteiger partial charge in [-0.3, -0.25) is 0 Å². The Balaban J connectivity index is 2.30. The molecule has 0 N–H and O–H groups in total. The zero-order valence-corrected chi connectivity index (χ0v) is 7.54. The number of rotatable bonds is 3. The lowest BCUT2D eigenvalue weighted by atomic mass is 9.94. The molecule has 0 bridgehead atoms. The highest BCUT2D eigenvalue weighted by Crippen LogP contribution is 2.22. The van der Waals surface area contributed by atoms with Gasteiger partial charge in [0.2, 0.25) is 0 Å². The minimum Gasteiger partial charge on any atom is -0.433 e. The summed E-state index contributed by atoms with van der Waals surface area (Å²) in [6.07, 6.45) is 4.40. The van der Waals surface area contributed by atoms with Gasteiger partial charge in [0.25, 0.3) is 0 Å². The normalized spacial score (nSPS) is 19.8. The van der Waals surface area contributed by atoms with E-state index in [1.165, 1.54) is 0 Å². The summed E-state index contributed by atoms with van der Waals surface area (Å²) in [4.78, 5) is 10.6. The molecule has 0 spiro atoms. The van der Waals surface area contributed by atoms with Crippen molar-refractivity contribution >= 4 is 6.16 Å². The van der Waals surface area contributed by atoms with Gasteiger partial charge in [-0.25, -0.2) is 4.79 Å². The molecule has 1 aliphatic rings. The van der Waals surface area contributed by atoms with Crippen LogP contribution in [0.4, 0.5) is 4.79 Å². The summed E-state index contributed by atoms with van der Waals surface area (Å²) in [6.45, 7) is 3.25. The molecular weight excluding hydrogens is 172 g/mol. The average Bonchev–Trinajstić information content (AvgIpc) is 2.12. The number of cyclic esters (lactones) is 2. The van der Waals surface area contributed by atoms with Gasteiger partial charge < -0.3 is 14.2 Å². The first kappa shape index (κ1) is 9.87. The monoisotopic (exact) mass is 184 g/mol. The number of carbonyl (C=O) groups is 1. The Hall–Kier alpha value is -1.21. The molecule has 0 aromatic heterocycles. The van der Waals surface area contributed by atoms with Crippen molar-refractivity contribution in [3.05, 3.63) is 0 Å². The fraction of sp³-hybridized carbons (Fsp3) is 0.667. The number of carbonyl (C=O) groups excluding carboxylic acids is 1. The quantitative estimate of drug-likeness (QED) is 0.370. The van der Waals surface area contributed by atoms with Crippen LogP contribution in [0.5, 0.6) is 0 Å². The summed E-state index contributed by atoms with van der Waals surface area (Å²) in [7, 11) is 0. The van der Waals surface area contributed by atoms with E-state index in [1.54, 1.807) is 0 Å². The van der Waals surface area contributed by atoms with E-state index in [0.717, 1.165) is 0 Å². The maximum atomic E-state index is 10.6. The molecule has 0 saturated carbocycles. The third-order valence-electron chi connectivity index (χ3n) is 1.71. The molecule has 0 amide bonds. The average molecular weight is 184 g/mol. The van der Waals surface area contributed by atoms with Gasteiger partial charge in [-0.1, -0.05) is 12.8 Å². The van der Waals surface area contributed by atoms with E-state index >= 15 is 0 Å². The summed E-state index contributed by atoms with van der Waals surface area (Å²) in [5.41, 5.74) is -0.273. The van der Waals surface area contributed by atoms with Crippen molar-refractivity contribution < 1.29 is 19.0 Å². The molecule has 0 aromatic rings. The highest BCUT2D eigenvalue weighted by atomic mass is 16.7. The largest absolute Gasteiger partial charge is 0.508 e. The van der Waals surface area contributed by atoms with Gasteiger partial charge in [0.05, 0.1) is 12.0 Å². The van der Waals surface area contributed by atoms with Crippen molar-refractivity contribution in [1.29, 1.82) is 0 Å². The van der Waals surface area contributed by atoms with Gasteiger partial charge in [-0.15, -0.1) is 6.42 Å². The standard InChI is InChI=1S/C9H12O4/c1-3-4-11-5-9(2)6-12-8(10)13-7-9/h1H,4-7H2,2H3. The third kappa shape index (κ3) is 2.96. The summed E-state index contributed by atoms with van der Waals surface area (Å²) < 4.78 is 14.6. The van der Waals surface area contributed by atoms with Crippen LogP contribution in [0.25, 0.3) is 0 Å². The molecule has 0 radical (unpaired) electrons. The minimum absolute atomic E-state index is 0.267. The van der Waals surface area contributed by atoms with E-state index in [1.807, 2.05) is 6.92 Å². The van der Waals surface area contributed by atoms with Crippen molar-refractivity contribution in [2.24, 2.45) is 5.41 Å². The fourth-order valence-electron chi connectivity index (χ4n) is 0.989. The first-order valence-corrected chi connectivity index (χ1v) is 3.97. The van der Waals surface area contributed by atoms with Crippen molar-refractivity contribution in [3.63, 3.8) is 0 Å². The number of hydrogen-bond acceptors (Lipinski definition) is 4. The van der Waals surface area contributed by atoms with Crippen LogP contribution in [0.2, 0.25) is 0 Å². The lowest BCUT2D eigenvalue weighted by Crippen LogP contribution is -2.40. The van der Waals surface area contributed by atoms with Gasteiger partial charge in [0, 0.05) is 0 Å². The Morgan fingerprint density at radius 1 is 1.62 bits per heavy atom. The molecule has 13 heavy (non-hydrogen) atoms. The van der Waals surface area contributed by atoms with E-state index in [2.05, 4.69) is 5.92 Å². The zero-order valence-electron chi connectivity index (χ0n) is 7.54. The molecule has 1 saturated heterocycles.